The zero-order chi connectivity index (χ0) is 24.2. The summed E-state index contributed by atoms with van der Waals surface area (Å²) in [6, 6.07) is 14.9. The molecule has 0 radical (unpaired) electrons. The lowest BCUT2D eigenvalue weighted by Gasteiger charge is -2.08. The van der Waals surface area contributed by atoms with Crippen LogP contribution in [0.2, 0.25) is 0 Å². The Balaban J connectivity index is 1.27. The first kappa shape index (κ1) is 22.1. The number of halogens is 1. The van der Waals surface area contributed by atoms with Gasteiger partial charge < -0.3 is 24.9 Å². The number of carbonyl (C=O) groups is 1. The second-order valence-electron chi connectivity index (χ2n) is 7.84. The fourth-order valence-electron chi connectivity index (χ4n) is 3.57. The number of pyridine rings is 1. The molecule has 0 bridgehead atoms. The molecule has 3 aromatic heterocycles. The molecule has 0 aliphatic heterocycles. The highest BCUT2D eigenvalue weighted by Crippen LogP contribution is 2.28. The van der Waals surface area contributed by atoms with E-state index in [0.717, 1.165) is 22.4 Å². The van der Waals surface area contributed by atoms with Crippen molar-refractivity contribution in [2.24, 2.45) is 7.05 Å². The molecule has 0 unspecified atom stereocenters. The maximum Gasteiger partial charge on any atom is 0.270 e. The summed E-state index contributed by atoms with van der Waals surface area (Å²) in [6.07, 6.45) is 5.50. The van der Waals surface area contributed by atoms with Crippen molar-refractivity contribution in [3.63, 3.8) is 0 Å². The third-order valence-electron chi connectivity index (χ3n) is 5.39. The lowest BCUT2D eigenvalue weighted by molar-refractivity contribution is 0.0948. The normalized spacial score (nSPS) is 10.9. The molecule has 3 N–H and O–H groups in total. The summed E-state index contributed by atoms with van der Waals surface area (Å²) in [5, 5.41) is 6.03. The van der Waals surface area contributed by atoms with Gasteiger partial charge in [0.2, 0.25) is 5.95 Å². The van der Waals surface area contributed by atoms with E-state index in [4.69, 9.17) is 4.74 Å². The Labute approximate surface area is 200 Å². The first-order valence-corrected chi connectivity index (χ1v) is 10.9. The van der Waals surface area contributed by atoms with Gasteiger partial charge in [-0.25, -0.2) is 14.4 Å². The number of nitrogens with zero attached hydrogens (tertiary/aromatic N) is 4. The van der Waals surface area contributed by atoms with Gasteiger partial charge in [0.15, 0.2) is 0 Å². The lowest BCUT2D eigenvalue weighted by atomic mass is 10.3. The monoisotopic (exact) mass is 471 g/mol. The number of nitrogens with one attached hydrogen (secondary N) is 3. The minimum atomic E-state index is -0.298. The van der Waals surface area contributed by atoms with Gasteiger partial charge in [0.25, 0.3) is 5.91 Å². The molecule has 2 aromatic carbocycles. The quantitative estimate of drug-likeness (QED) is 0.311. The molecule has 0 saturated carbocycles. The van der Waals surface area contributed by atoms with Crippen molar-refractivity contribution in [3.05, 3.63) is 90.5 Å². The maximum atomic E-state index is 13.2. The van der Waals surface area contributed by atoms with E-state index in [-0.39, 0.29) is 17.4 Å². The van der Waals surface area contributed by atoms with Gasteiger partial charge in [-0.3, -0.25) is 9.78 Å². The Morgan fingerprint density at radius 2 is 1.94 bits per heavy atom. The van der Waals surface area contributed by atoms with Crippen LogP contribution in [0.3, 0.4) is 0 Å². The van der Waals surface area contributed by atoms with Gasteiger partial charge in [-0.2, -0.15) is 0 Å². The number of imidazole rings is 2. The number of carbonyl (C=O) groups excluding carboxylic acids is 1. The topological polar surface area (TPSA) is 110 Å². The number of aromatic nitrogens is 5. The molecule has 1 amide bonds. The van der Waals surface area contributed by atoms with E-state index < -0.39 is 0 Å². The number of ether oxygens (including phenoxy) is 1. The number of H-pyrrole nitrogens is 1. The largest absolute Gasteiger partial charge is 0.457 e. The van der Waals surface area contributed by atoms with Crippen LogP contribution in [0.1, 0.15) is 16.2 Å². The van der Waals surface area contributed by atoms with Gasteiger partial charge in [-0.15, -0.1) is 0 Å². The zero-order valence-corrected chi connectivity index (χ0v) is 18.8. The summed E-state index contributed by atoms with van der Waals surface area (Å²) in [4.78, 5) is 28.2. The summed E-state index contributed by atoms with van der Waals surface area (Å²) in [5.41, 5.74) is 3.55. The second-order valence-corrected chi connectivity index (χ2v) is 7.84. The number of hydrogen-bond acceptors (Lipinski definition) is 6. The fraction of sp³-hybridized carbons (Fsp3) is 0.120. The highest BCUT2D eigenvalue weighted by atomic mass is 19.1. The van der Waals surface area contributed by atoms with Gasteiger partial charge in [0.1, 0.15) is 23.0 Å². The summed E-state index contributed by atoms with van der Waals surface area (Å²) in [5.74, 6) is 1.08. The molecule has 35 heavy (non-hydrogen) atoms. The van der Waals surface area contributed by atoms with Crippen molar-refractivity contribution in [2.45, 2.75) is 6.42 Å². The number of rotatable bonds is 8. The SMILES string of the molecule is Cn1c(Nc2ccc(F)cc2)nc2cc(Oc3ccnc(C(=O)NCCc4cnc[nH]4)c3)ccc21. The summed E-state index contributed by atoms with van der Waals surface area (Å²) < 4.78 is 21.1. The van der Waals surface area contributed by atoms with Crippen LogP contribution in [0.4, 0.5) is 16.0 Å². The molecule has 5 aromatic rings. The Kier molecular flexibility index (Phi) is 6.08. The van der Waals surface area contributed by atoms with E-state index in [1.54, 1.807) is 36.8 Å². The molecule has 176 valence electrons. The van der Waals surface area contributed by atoms with Crippen molar-refractivity contribution < 1.29 is 13.9 Å². The van der Waals surface area contributed by atoms with Gasteiger partial charge in [0.05, 0.1) is 17.4 Å². The second kappa shape index (κ2) is 9.64. The predicted molar refractivity (Wildman–Crippen MR) is 129 cm³/mol. The minimum absolute atomic E-state index is 0.261. The fourth-order valence-corrected chi connectivity index (χ4v) is 3.57. The van der Waals surface area contributed by atoms with Crippen molar-refractivity contribution in [1.29, 1.82) is 0 Å². The first-order valence-electron chi connectivity index (χ1n) is 10.9. The van der Waals surface area contributed by atoms with Crippen LogP contribution in [0.15, 0.2) is 73.3 Å². The van der Waals surface area contributed by atoms with E-state index in [1.807, 2.05) is 29.8 Å². The minimum Gasteiger partial charge on any atom is -0.457 e. The zero-order valence-electron chi connectivity index (χ0n) is 18.8. The number of amides is 1. The maximum absolute atomic E-state index is 13.2. The molecule has 3 heterocycles. The Hall–Kier alpha value is -4.73. The standard InChI is InChI=1S/C25H22FN7O2/c1-33-23-7-6-19(12-21(23)32-25(33)31-17-4-2-16(26)3-5-17)35-20-9-11-28-22(13-20)24(34)29-10-8-18-14-27-15-30-18/h2-7,9,11-15H,8,10H2,1H3,(H,27,30)(H,29,34)(H,31,32). The number of aromatic amines is 1. The summed E-state index contributed by atoms with van der Waals surface area (Å²) in [6.45, 7) is 0.457. The van der Waals surface area contributed by atoms with Crippen LogP contribution in [0.5, 0.6) is 11.5 Å². The number of anilines is 2. The highest BCUT2D eigenvalue weighted by Gasteiger charge is 2.12. The average Bonchev–Trinajstić information content (AvgIpc) is 3.48. The first-order chi connectivity index (χ1) is 17.0. The van der Waals surface area contributed by atoms with E-state index in [9.17, 15) is 9.18 Å². The third kappa shape index (κ3) is 5.11. The van der Waals surface area contributed by atoms with Crippen LogP contribution in [-0.2, 0) is 13.5 Å². The summed E-state index contributed by atoms with van der Waals surface area (Å²) in [7, 11) is 1.89. The Morgan fingerprint density at radius 1 is 1.11 bits per heavy atom. The lowest BCUT2D eigenvalue weighted by Crippen LogP contribution is -2.26. The number of benzene rings is 2. The molecule has 10 heteroatoms. The predicted octanol–water partition coefficient (Wildman–Crippen LogP) is 4.34. The van der Waals surface area contributed by atoms with Crippen LogP contribution in [0.25, 0.3) is 11.0 Å². The Bertz CT molecular complexity index is 1460. The third-order valence-corrected chi connectivity index (χ3v) is 5.39. The van der Waals surface area contributed by atoms with Crippen LogP contribution < -0.4 is 15.4 Å². The van der Waals surface area contributed by atoms with Crippen LogP contribution in [-0.4, -0.2) is 37.0 Å². The molecule has 0 aliphatic rings. The highest BCUT2D eigenvalue weighted by molar-refractivity contribution is 5.92. The Morgan fingerprint density at radius 3 is 2.74 bits per heavy atom. The molecule has 0 saturated heterocycles. The number of hydrogen-bond donors (Lipinski definition) is 3. The van der Waals surface area contributed by atoms with Crippen LogP contribution in [0, 0.1) is 5.82 Å². The van der Waals surface area contributed by atoms with E-state index in [0.29, 0.717) is 30.4 Å². The molecule has 9 nitrogen and oxygen atoms in total. The van der Waals surface area contributed by atoms with E-state index >= 15 is 0 Å². The van der Waals surface area contributed by atoms with Crippen molar-refractivity contribution in [3.8, 4) is 11.5 Å². The van der Waals surface area contributed by atoms with Crippen molar-refractivity contribution in [2.75, 3.05) is 11.9 Å². The van der Waals surface area contributed by atoms with Crippen molar-refractivity contribution >= 4 is 28.6 Å². The van der Waals surface area contributed by atoms with Gasteiger partial charge in [-0.05, 0) is 42.5 Å². The molecule has 0 atom stereocenters. The average molecular weight is 471 g/mol. The van der Waals surface area contributed by atoms with E-state index in [2.05, 4.69) is 30.6 Å². The van der Waals surface area contributed by atoms with Crippen molar-refractivity contribution in [1.82, 2.24) is 29.8 Å². The number of aryl methyl sites for hydroxylation is 1. The van der Waals surface area contributed by atoms with Gasteiger partial charge in [0, 0.05) is 55.9 Å². The molecular weight excluding hydrogens is 449 g/mol. The van der Waals surface area contributed by atoms with Gasteiger partial charge in [-0.1, -0.05) is 0 Å². The summed E-state index contributed by atoms with van der Waals surface area (Å²) >= 11 is 0. The number of fused-ring (bicyclic) bond motifs is 1. The van der Waals surface area contributed by atoms with Gasteiger partial charge >= 0.3 is 0 Å². The van der Waals surface area contributed by atoms with E-state index in [1.165, 1.54) is 18.3 Å². The van der Waals surface area contributed by atoms with Crippen LogP contribution >= 0.6 is 0 Å². The molecule has 0 fully saturated rings. The molecular formula is C25H22FN7O2. The molecule has 0 aliphatic carbocycles. The smallest absolute Gasteiger partial charge is 0.270 e. The molecule has 0 spiro atoms. The molecule has 5 rings (SSSR count).